The van der Waals surface area contributed by atoms with Gasteiger partial charge in [-0.15, -0.1) is 11.8 Å². The van der Waals surface area contributed by atoms with Crippen molar-refractivity contribution in [3.8, 4) is 0 Å². The van der Waals surface area contributed by atoms with Gasteiger partial charge in [-0.05, 0) is 37.3 Å². The van der Waals surface area contributed by atoms with Crippen molar-refractivity contribution < 1.29 is 9.90 Å². The second-order valence-corrected chi connectivity index (χ2v) is 6.21. The van der Waals surface area contributed by atoms with E-state index in [4.69, 9.17) is 5.11 Å². The first-order valence-corrected chi connectivity index (χ1v) is 7.10. The Hall–Kier alpha value is -1.00. The zero-order valence-electron chi connectivity index (χ0n) is 11.2. The quantitative estimate of drug-likeness (QED) is 0.746. The van der Waals surface area contributed by atoms with E-state index in [1.807, 2.05) is 11.8 Å². The minimum absolute atomic E-state index is 0.466. The van der Waals surface area contributed by atoms with Crippen LogP contribution in [0, 0.1) is 5.41 Å². The molecule has 0 amide bonds. The van der Waals surface area contributed by atoms with Crippen molar-refractivity contribution in [2.45, 2.75) is 32.2 Å². The maximum atomic E-state index is 10.9. The van der Waals surface area contributed by atoms with Gasteiger partial charge in [-0.2, -0.15) is 0 Å². The largest absolute Gasteiger partial charge is 0.481 e. The molecule has 0 saturated heterocycles. The number of aliphatic carboxylic acids is 1. The zero-order valence-corrected chi connectivity index (χ0v) is 12.0. The molecule has 0 unspecified atom stereocenters. The molecule has 0 atom stereocenters. The molecule has 1 aromatic carbocycles. The number of thioether (sulfide) groups is 1. The highest BCUT2D eigenvalue weighted by molar-refractivity contribution is 7.99. The van der Waals surface area contributed by atoms with Gasteiger partial charge in [-0.25, -0.2) is 0 Å². The second-order valence-electron chi connectivity index (χ2n) is 4.87. The average molecular weight is 267 g/mol. The molecule has 0 radical (unpaired) electrons. The molecule has 1 rings (SSSR count). The molecule has 0 aliphatic carbocycles. The molecule has 100 valence electrons. The number of rotatable bonds is 7. The number of carboxylic acid groups (broad SMARTS) is 1. The van der Waals surface area contributed by atoms with Crippen molar-refractivity contribution in [1.29, 1.82) is 0 Å². The lowest BCUT2D eigenvalue weighted by molar-refractivity contribution is -0.146. The monoisotopic (exact) mass is 267 g/mol. The summed E-state index contributed by atoms with van der Waals surface area (Å²) in [7, 11) is 0. The van der Waals surface area contributed by atoms with Gasteiger partial charge in [-0.1, -0.05) is 19.1 Å². The second kappa shape index (κ2) is 6.81. The molecule has 1 aromatic rings. The van der Waals surface area contributed by atoms with E-state index in [0.29, 0.717) is 13.1 Å². The highest BCUT2D eigenvalue weighted by Gasteiger charge is 2.26. The summed E-state index contributed by atoms with van der Waals surface area (Å²) in [4.78, 5) is 12.2. The molecule has 2 N–H and O–H groups in total. The Morgan fingerprint density at radius 1 is 1.33 bits per heavy atom. The Morgan fingerprint density at radius 3 is 2.44 bits per heavy atom. The Balaban J connectivity index is 2.42. The van der Waals surface area contributed by atoms with Crippen LogP contribution in [-0.4, -0.2) is 23.4 Å². The molecule has 0 aliphatic heterocycles. The van der Waals surface area contributed by atoms with E-state index in [0.717, 1.165) is 5.75 Å². The minimum atomic E-state index is -0.773. The summed E-state index contributed by atoms with van der Waals surface area (Å²) in [6.07, 6.45) is 0. The van der Waals surface area contributed by atoms with Crippen molar-refractivity contribution in [2.75, 3.05) is 12.3 Å². The summed E-state index contributed by atoms with van der Waals surface area (Å²) in [6.45, 7) is 6.75. The Morgan fingerprint density at radius 2 is 1.94 bits per heavy atom. The molecule has 0 fully saturated rings. The van der Waals surface area contributed by atoms with Crippen LogP contribution in [-0.2, 0) is 11.3 Å². The van der Waals surface area contributed by atoms with Gasteiger partial charge >= 0.3 is 5.97 Å². The summed E-state index contributed by atoms with van der Waals surface area (Å²) in [5.41, 5.74) is 0.453. The lowest BCUT2D eigenvalue weighted by Gasteiger charge is -2.19. The van der Waals surface area contributed by atoms with Crippen molar-refractivity contribution in [1.82, 2.24) is 5.32 Å². The first kappa shape index (κ1) is 15.1. The molecule has 0 aliphatic rings. The predicted octanol–water partition coefficient (Wildman–Crippen LogP) is 3.00. The van der Waals surface area contributed by atoms with Crippen LogP contribution < -0.4 is 5.32 Å². The van der Waals surface area contributed by atoms with Gasteiger partial charge < -0.3 is 10.4 Å². The van der Waals surface area contributed by atoms with Gasteiger partial charge in [0.2, 0.25) is 0 Å². The molecule has 0 aromatic heterocycles. The van der Waals surface area contributed by atoms with E-state index in [-0.39, 0.29) is 0 Å². The number of nitrogens with one attached hydrogen (secondary N) is 1. The lowest BCUT2D eigenvalue weighted by Crippen LogP contribution is -2.35. The molecule has 0 bridgehead atoms. The van der Waals surface area contributed by atoms with E-state index in [1.54, 1.807) is 13.8 Å². The smallest absolute Gasteiger partial charge is 0.310 e. The van der Waals surface area contributed by atoms with Crippen LogP contribution in [0.5, 0.6) is 0 Å². The van der Waals surface area contributed by atoms with Gasteiger partial charge in [0, 0.05) is 18.0 Å². The van der Waals surface area contributed by atoms with Gasteiger partial charge in [0.25, 0.3) is 0 Å². The van der Waals surface area contributed by atoms with E-state index >= 15 is 0 Å². The molecular formula is C14H21NO2S. The zero-order chi connectivity index (χ0) is 13.6. The Bertz CT molecular complexity index is 387. The third kappa shape index (κ3) is 4.70. The molecular weight excluding hydrogens is 246 g/mol. The number of hydrogen-bond acceptors (Lipinski definition) is 3. The van der Waals surface area contributed by atoms with Crippen molar-refractivity contribution in [2.24, 2.45) is 5.41 Å². The van der Waals surface area contributed by atoms with Crippen molar-refractivity contribution >= 4 is 17.7 Å². The number of hydrogen-bond donors (Lipinski definition) is 2. The standard InChI is InChI=1S/C14H21NO2S/c1-4-18-12-7-5-11(6-8-12)9-15-10-14(2,3)13(16)17/h5-8,15H,4,9-10H2,1-3H3,(H,16,17). The summed E-state index contributed by atoms with van der Waals surface area (Å²) in [6, 6.07) is 8.37. The van der Waals surface area contributed by atoms with Gasteiger partial charge in [0.1, 0.15) is 0 Å². The van der Waals surface area contributed by atoms with Crippen molar-refractivity contribution in [3.05, 3.63) is 29.8 Å². The highest BCUT2D eigenvalue weighted by atomic mass is 32.2. The normalized spacial score (nSPS) is 11.5. The van der Waals surface area contributed by atoms with Crippen LogP contribution in [0.25, 0.3) is 0 Å². The molecule has 0 spiro atoms. The molecule has 4 heteroatoms. The molecule has 0 heterocycles. The fourth-order valence-corrected chi connectivity index (χ4v) is 2.13. The van der Waals surface area contributed by atoms with E-state index in [2.05, 4.69) is 36.5 Å². The van der Waals surface area contributed by atoms with Crippen LogP contribution in [0.2, 0.25) is 0 Å². The van der Waals surface area contributed by atoms with Crippen LogP contribution in [0.4, 0.5) is 0 Å². The molecule has 18 heavy (non-hydrogen) atoms. The first-order valence-electron chi connectivity index (χ1n) is 6.11. The summed E-state index contributed by atoms with van der Waals surface area (Å²) < 4.78 is 0. The van der Waals surface area contributed by atoms with Crippen LogP contribution in [0.3, 0.4) is 0 Å². The minimum Gasteiger partial charge on any atom is -0.481 e. The van der Waals surface area contributed by atoms with E-state index < -0.39 is 11.4 Å². The first-order chi connectivity index (χ1) is 8.45. The number of benzene rings is 1. The number of carboxylic acids is 1. The van der Waals surface area contributed by atoms with Crippen LogP contribution in [0.1, 0.15) is 26.3 Å². The van der Waals surface area contributed by atoms with Gasteiger partial charge in [0.05, 0.1) is 5.41 Å². The maximum absolute atomic E-state index is 10.9. The summed E-state index contributed by atoms with van der Waals surface area (Å²) in [5.74, 6) is 0.300. The fourth-order valence-electron chi connectivity index (χ4n) is 1.47. The van der Waals surface area contributed by atoms with E-state index in [1.165, 1.54) is 10.5 Å². The number of carbonyl (C=O) groups is 1. The third-order valence-electron chi connectivity index (χ3n) is 2.71. The average Bonchev–Trinajstić information content (AvgIpc) is 2.31. The van der Waals surface area contributed by atoms with Gasteiger partial charge in [-0.3, -0.25) is 4.79 Å². The van der Waals surface area contributed by atoms with E-state index in [9.17, 15) is 4.79 Å². The highest BCUT2D eigenvalue weighted by Crippen LogP contribution is 2.18. The van der Waals surface area contributed by atoms with Crippen LogP contribution >= 0.6 is 11.8 Å². The molecule has 3 nitrogen and oxygen atoms in total. The van der Waals surface area contributed by atoms with Crippen molar-refractivity contribution in [3.63, 3.8) is 0 Å². The maximum Gasteiger partial charge on any atom is 0.310 e. The Kier molecular flexibility index (Phi) is 5.69. The SMILES string of the molecule is CCSc1ccc(CNCC(C)(C)C(=O)O)cc1. The predicted molar refractivity (Wildman–Crippen MR) is 76.0 cm³/mol. The van der Waals surface area contributed by atoms with Gasteiger partial charge in [0.15, 0.2) is 0 Å². The fraction of sp³-hybridized carbons (Fsp3) is 0.500. The van der Waals surface area contributed by atoms with Crippen LogP contribution in [0.15, 0.2) is 29.2 Å². The third-order valence-corrected chi connectivity index (χ3v) is 3.60. The topological polar surface area (TPSA) is 49.3 Å². The molecule has 0 saturated carbocycles. The summed E-state index contributed by atoms with van der Waals surface area (Å²) >= 11 is 1.82. The lowest BCUT2D eigenvalue weighted by atomic mass is 9.94. The Labute approximate surface area is 113 Å². The summed E-state index contributed by atoms with van der Waals surface area (Å²) in [5, 5.41) is 12.2.